The Bertz CT molecular complexity index is 1160. The fraction of sp³-hybridized carbons (Fsp3) is 0.462. The summed E-state index contributed by atoms with van der Waals surface area (Å²) in [5.41, 5.74) is 2.90. The van der Waals surface area contributed by atoms with Gasteiger partial charge in [0.25, 0.3) is 0 Å². The van der Waals surface area contributed by atoms with Gasteiger partial charge >= 0.3 is 12.1 Å². The first-order valence-electron chi connectivity index (χ1n) is 11.3. The lowest BCUT2D eigenvalue weighted by atomic mass is 9.70. The van der Waals surface area contributed by atoms with Crippen LogP contribution < -0.4 is 4.74 Å². The maximum atomic E-state index is 13.1. The number of halogens is 2. The fourth-order valence-electron chi connectivity index (χ4n) is 5.37. The highest BCUT2D eigenvalue weighted by atomic mass is 19.3. The number of carboxylic acid groups (broad SMARTS) is 1. The molecule has 7 heteroatoms. The Hall–Kier alpha value is -2.96. The van der Waals surface area contributed by atoms with Gasteiger partial charge in [0.1, 0.15) is 11.6 Å². The molecule has 1 heterocycles. The monoisotopic (exact) mass is 456 g/mol. The second-order valence-corrected chi connectivity index (χ2v) is 10.2. The number of carbonyl (C=O) groups is 1. The van der Waals surface area contributed by atoms with Crippen LogP contribution in [0.5, 0.6) is 5.75 Å². The number of hydrogen-bond acceptors (Lipinski definition) is 3. The molecule has 0 aliphatic heterocycles. The van der Waals surface area contributed by atoms with E-state index in [4.69, 9.17) is 4.98 Å². The highest BCUT2D eigenvalue weighted by Crippen LogP contribution is 2.45. The van der Waals surface area contributed by atoms with Gasteiger partial charge in [-0.3, -0.25) is 0 Å². The predicted molar refractivity (Wildman–Crippen MR) is 123 cm³/mol. The summed E-state index contributed by atoms with van der Waals surface area (Å²) in [4.78, 5) is 16.3. The van der Waals surface area contributed by atoms with Gasteiger partial charge in [-0.25, -0.2) is 9.78 Å². The lowest BCUT2D eigenvalue weighted by Crippen LogP contribution is -2.30. The van der Waals surface area contributed by atoms with Crippen molar-refractivity contribution in [3.8, 4) is 5.75 Å². The quantitative estimate of drug-likeness (QED) is 0.448. The third-order valence-corrected chi connectivity index (χ3v) is 6.32. The summed E-state index contributed by atoms with van der Waals surface area (Å²) in [6, 6.07) is 11.9. The number of benzene rings is 2. The average molecular weight is 457 g/mol. The van der Waals surface area contributed by atoms with Crippen molar-refractivity contribution in [1.82, 2.24) is 9.55 Å². The van der Waals surface area contributed by atoms with E-state index < -0.39 is 12.1 Å². The number of nitrogens with zero attached hydrogens (tertiary/aromatic N) is 2. The van der Waals surface area contributed by atoms with Gasteiger partial charge < -0.3 is 14.4 Å². The molecular weight excluding hydrogens is 426 g/mol. The molecule has 1 aromatic heterocycles. The molecule has 1 fully saturated rings. The largest absolute Gasteiger partial charge is 0.478 e. The molecule has 2 atom stereocenters. The van der Waals surface area contributed by atoms with Gasteiger partial charge in [0, 0.05) is 19.4 Å². The number of fused-ring (bicyclic) bond motifs is 1. The van der Waals surface area contributed by atoms with Crippen LogP contribution in [-0.2, 0) is 6.42 Å². The van der Waals surface area contributed by atoms with E-state index in [1.165, 1.54) is 12.1 Å². The Labute approximate surface area is 192 Å². The van der Waals surface area contributed by atoms with E-state index >= 15 is 0 Å². The van der Waals surface area contributed by atoms with Crippen LogP contribution in [0.3, 0.4) is 0 Å². The zero-order valence-corrected chi connectivity index (χ0v) is 19.4. The van der Waals surface area contributed by atoms with Crippen LogP contribution in [-0.4, -0.2) is 26.7 Å². The lowest BCUT2D eigenvalue weighted by Gasteiger charge is -2.40. The first-order chi connectivity index (χ1) is 15.4. The molecular formula is C26H30F2N2O3. The molecule has 1 aliphatic rings. The van der Waals surface area contributed by atoms with Crippen LogP contribution in [0, 0.1) is 11.3 Å². The number of imidazole rings is 1. The normalized spacial score (nSPS) is 20.7. The highest BCUT2D eigenvalue weighted by Gasteiger charge is 2.34. The second-order valence-electron chi connectivity index (χ2n) is 10.2. The molecule has 0 amide bonds. The summed E-state index contributed by atoms with van der Waals surface area (Å²) >= 11 is 0. The number of aromatic carboxylic acids is 1. The first-order valence-corrected chi connectivity index (χ1v) is 11.3. The Kier molecular flexibility index (Phi) is 5.93. The van der Waals surface area contributed by atoms with Gasteiger partial charge in [-0.2, -0.15) is 8.78 Å². The van der Waals surface area contributed by atoms with Gasteiger partial charge in [0.15, 0.2) is 0 Å². The average Bonchev–Trinajstić information content (AvgIpc) is 3.03. The number of hydrogen-bond donors (Lipinski definition) is 1. The lowest BCUT2D eigenvalue weighted by molar-refractivity contribution is -0.158. The zero-order valence-electron chi connectivity index (χ0n) is 19.4. The summed E-state index contributed by atoms with van der Waals surface area (Å²) in [5, 5.41) is 9.41. The number of alkyl halides is 2. The molecule has 176 valence electrons. The molecule has 0 saturated heterocycles. The second kappa shape index (κ2) is 8.43. The minimum absolute atomic E-state index is 0.105. The Morgan fingerprint density at radius 1 is 1.21 bits per heavy atom. The first kappa shape index (κ1) is 23.2. The molecule has 2 aromatic carbocycles. The summed E-state index contributed by atoms with van der Waals surface area (Å²) in [6.07, 6.45) is 0.473. The van der Waals surface area contributed by atoms with Gasteiger partial charge in [-0.1, -0.05) is 32.9 Å². The van der Waals surface area contributed by atoms with Crippen LogP contribution in [0.1, 0.15) is 74.7 Å². The fourth-order valence-corrected chi connectivity index (χ4v) is 5.37. The summed E-state index contributed by atoms with van der Waals surface area (Å²) in [5.74, 6) is 0.531. The minimum Gasteiger partial charge on any atom is -0.478 e. The molecule has 33 heavy (non-hydrogen) atoms. The number of rotatable bonds is 6. The van der Waals surface area contributed by atoms with Crippen LogP contribution in [0.4, 0.5) is 8.78 Å². The molecule has 4 rings (SSSR count). The van der Waals surface area contributed by atoms with E-state index in [-0.39, 0.29) is 22.8 Å². The third-order valence-electron chi connectivity index (χ3n) is 6.32. The third kappa shape index (κ3) is 5.34. The highest BCUT2D eigenvalue weighted by molar-refractivity contribution is 5.92. The van der Waals surface area contributed by atoms with Gasteiger partial charge in [0.2, 0.25) is 0 Å². The van der Waals surface area contributed by atoms with Gasteiger partial charge in [-0.05, 0) is 66.5 Å². The Morgan fingerprint density at radius 3 is 2.52 bits per heavy atom. The topological polar surface area (TPSA) is 64.4 Å². The molecule has 0 spiro atoms. The van der Waals surface area contributed by atoms with Crippen molar-refractivity contribution in [2.24, 2.45) is 11.3 Å². The number of carboxylic acids is 1. The molecule has 3 aromatic rings. The van der Waals surface area contributed by atoms with Crippen molar-refractivity contribution in [2.75, 3.05) is 0 Å². The molecule has 1 N–H and O–H groups in total. The molecule has 1 unspecified atom stereocenters. The van der Waals surface area contributed by atoms with E-state index in [9.17, 15) is 18.7 Å². The van der Waals surface area contributed by atoms with Crippen molar-refractivity contribution in [1.29, 1.82) is 0 Å². The van der Waals surface area contributed by atoms with Gasteiger partial charge in [-0.15, -0.1) is 0 Å². The van der Waals surface area contributed by atoms with Crippen LogP contribution in [0.2, 0.25) is 0 Å². The maximum absolute atomic E-state index is 13.1. The molecule has 0 radical (unpaired) electrons. The van der Waals surface area contributed by atoms with Crippen LogP contribution in [0.15, 0.2) is 42.5 Å². The van der Waals surface area contributed by atoms with E-state index in [1.807, 2.05) is 6.07 Å². The van der Waals surface area contributed by atoms with E-state index in [1.54, 1.807) is 24.3 Å². The van der Waals surface area contributed by atoms with E-state index in [0.717, 1.165) is 36.2 Å². The van der Waals surface area contributed by atoms with E-state index in [2.05, 4.69) is 30.1 Å². The van der Waals surface area contributed by atoms with Crippen LogP contribution in [0.25, 0.3) is 11.0 Å². The number of ether oxygens (including phenoxy) is 1. The standard InChI is InChI=1S/C26H30F2N2O3/c1-16-11-19(15-25(2,3)14-16)30-22-10-7-18(24(31)32)13-21(22)29-23(30)12-17-5-8-20(9-6-17)33-26(4,27)28/h5-10,13,16,19H,11-12,14-15H2,1-4H3,(H,31,32)/t16-,19?/m0/s1. The minimum atomic E-state index is -3.23. The van der Waals surface area contributed by atoms with Crippen molar-refractivity contribution in [3.05, 3.63) is 59.4 Å². The van der Waals surface area contributed by atoms with Crippen molar-refractivity contribution in [3.63, 3.8) is 0 Å². The molecule has 0 bridgehead atoms. The van der Waals surface area contributed by atoms with Crippen molar-refractivity contribution >= 4 is 17.0 Å². The predicted octanol–water partition coefficient (Wildman–Crippen LogP) is 6.70. The number of aromatic nitrogens is 2. The smallest absolute Gasteiger partial charge is 0.394 e. The Morgan fingerprint density at radius 2 is 1.91 bits per heavy atom. The molecule has 1 aliphatic carbocycles. The zero-order chi connectivity index (χ0) is 24.0. The van der Waals surface area contributed by atoms with Crippen LogP contribution >= 0.6 is 0 Å². The summed E-state index contributed by atoms with van der Waals surface area (Å²) in [7, 11) is 0. The van der Waals surface area contributed by atoms with E-state index in [0.29, 0.717) is 24.8 Å². The van der Waals surface area contributed by atoms with Gasteiger partial charge in [0.05, 0.1) is 16.6 Å². The summed E-state index contributed by atoms with van der Waals surface area (Å²) in [6.45, 7) is 7.57. The summed E-state index contributed by atoms with van der Waals surface area (Å²) < 4.78 is 33.2. The molecule has 1 saturated carbocycles. The molecule has 5 nitrogen and oxygen atoms in total. The Balaban J connectivity index is 1.73. The van der Waals surface area contributed by atoms with Crippen molar-refractivity contribution < 1.29 is 23.4 Å². The SMILES string of the molecule is C[C@H]1CC(n2c(Cc3ccc(OC(C)(F)F)cc3)nc3cc(C(=O)O)ccc32)CC(C)(C)C1. The van der Waals surface area contributed by atoms with Crippen molar-refractivity contribution in [2.45, 2.75) is 65.5 Å². The maximum Gasteiger partial charge on any atom is 0.394 e.